The van der Waals surface area contributed by atoms with Crippen LogP contribution in [0.15, 0.2) is 30.3 Å². The Morgan fingerprint density at radius 3 is 2.59 bits per heavy atom. The molecule has 2 amide bonds. The number of anilines is 1. The van der Waals surface area contributed by atoms with E-state index in [1.54, 1.807) is 4.90 Å². The van der Waals surface area contributed by atoms with Crippen molar-refractivity contribution in [3.63, 3.8) is 0 Å². The Kier molecular flexibility index (Phi) is 5.42. The van der Waals surface area contributed by atoms with Crippen LogP contribution in [0.5, 0.6) is 0 Å². The number of para-hydroxylation sites is 1. The van der Waals surface area contributed by atoms with E-state index in [-0.39, 0.29) is 6.03 Å². The Morgan fingerprint density at radius 1 is 1.41 bits per heavy atom. The summed E-state index contributed by atoms with van der Waals surface area (Å²) in [6, 6.07) is 9.22. The molecule has 0 aliphatic carbocycles. The molecule has 1 rings (SSSR count). The molecule has 0 unspecified atom stereocenters. The van der Waals surface area contributed by atoms with Crippen LogP contribution in [-0.2, 0) is 0 Å². The van der Waals surface area contributed by atoms with Gasteiger partial charge in [0.05, 0.1) is 4.99 Å². The predicted molar refractivity (Wildman–Crippen MR) is 74.1 cm³/mol. The van der Waals surface area contributed by atoms with Crippen LogP contribution in [0, 0.1) is 0 Å². The summed E-state index contributed by atoms with van der Waals surface area (Å²) in [5.41, 5.74) is 6.20. The lowest BCUT2D eigenvalue weighted by Crippen LogP contribution is -2.36. The fraction of sp³-hybridized carbons (Fsp3) is 0.333. The van der Waals surface area contributed by atoms with Gasteiger partial charge in [-0.2, -0.15) is 0 Å². The van der Waals surface area contributed by atoms with Crippen molar-refractivity contribution in [2.45, 2.75) is 13.3 Å². The molecule has 92 valence electrons. The van der Waals surface area contributed by atoms with Crippen molar-refractivity contribution in [2.75, 3.05) is 18.4 Å². The number of rotatable bonds is 5. The lowest BCUT2D eigenvalue weighted by molar-refractivity contribution is 0.216. The smallest absolute Gasteiger partial charge is 0.321 e. The van der Waals surface area contributed by atoms with Gasteiger partial charge in [-0.05, 0) is 19.1 Å². The van der Waals surface area contributed by atoms with E-state index in [4.69, 9.17) is 18.0 Å². The van der Waals surface area contributed by atoms with E-state index in [1.807, 2.05) is 37.3 Å². The van der Waals surface area contributed by atoms with Crippen molar-refractivity contribution in [1.29, 1.82) is 0 Å². The number of nitrogens with one attached hydrogen (secondary N) is 1. The molecule has 0 spiro atoms. The van der Waals surface area contributed by atoms with E-state index in [0.717, 1.165) is 5.69 Å². The molecule has 0 saturated carbocycles. The van der Waals surface area contributed by atoms with Gasteiger partial charge in [-0.15, -0.1) is 0 Å². The van der Waals surface area contributed by atoms with E-state index in [9.17, 15) is 4.79 Å². The van der Waals surface area contributed by atoms with Crippen molar-refractivity contribution >= 4 is 28.9 Å². The van der Waals surface area contributed by atoms with Gasteiger partial charge < -0.3 is 16.0 Å². The van der Waals surface area contributed by atoms with E-state index in [0.29, 0.717) is 24.5 Å². The van der Waals surface area contributed by atoms with Gasteiger partial charge in [0.15, 0.2) is 0 Å². The summed E-state index contributed by atoms with van der Waals surface area (Å²) in [6.07, 6.45) is 0.547. The first-order valence-corrected chi connectivity index (χ1v) is 5.93. The summed E-state index contributed by atoms with van der Waals surface area (Å²) < 4.78 is 0. The van der Waals surface area contributed by atoms with Crippen LogP contribution in [0.25, 0.3) is 0 Å². The fourth-order valence-corrected chi connectivity index (χ4v) is 1.46. The second kappa shape index (κ2) is 6.85. The quantitative estimate of drug-likeness (QED) is 0.789. The van der Waals surface area contributed by atoms with Crippen LogP contribution in [0.3, 0.4) is 0 Å². The number of nitrogens with zero attached hydrogens (tertiary/aromatic N) is 1. The third-order valence-electron chi connectivity index (χ3n) is 2.32. The average Bonchev–Trinajstić information content (AvgIpc) is 2.30. The first-order chi connectivity index (χ1) is 8.13. The minimum absolute atomic E-state index is 0.130. The molecule has 17 heavy (non-hydrogen) atoms. The molecule has 0 aliphatic heterocycles. The largest absolute Gasteiger partial charge is 0.393 e. The first kappa shape index (κ1) is 13.4. The van der Waals surface area contributed by atoms with Crippen molar-refractivity contribution in [3.8, 4) is 0 Å². The Morgan fingerprint density at radius 2 is 2.06 bits per heavy atom. The van der Waals surface area contributed by atoms with Crippen LogP contribution in [-0.4, -0.2) is 29.0 Å². The lowest BCUT2D eigenvalue weighted by Gasteiger charge is -2.21. The van der Waals surface area contributed by atoms with Gasteiger partial charge in [0.1, 0.15) is 0 Å². The van der Waals surface area contributed by atoms with Gasteiger partial charge in [0.2, 0.25) is 0 Å². The fourth-order valence-electron chi connectivity index (χ4n) is 1.37. The molecular weight excluding hydrogens is 234 g/mol. The molecule has 1 aromatic rings. The first-order valence-electron chi connectivity index (χ1n) is 5.52. The van der Waals surface area contributed by atoms with Gasteiger partial charge in [0, 0.05) is 25.2 Å². The topological polar surface area (TPSA) is 58.4 Å². The van der Waals surface area contributed by atoms with Crippen LogP contribution in [0.1, 0.15) is 13.3 Å². The highest BCUT2D eigenvalue weighted by molar-refractivity contribution is 7.80. The molecule has 0 saturated heterocycles. The normalized spacial score (nSPS) is 9.71. The monoisotopic (exact) mass is 251 g/mol. The molecule has 0 aromatic heterocycles. The number of hydrogen-bond donors (Lipinski definition) is 2. The number of carbonyl (C=O) groups is 1. The lowest BCUT2D eigenvalue weighted by atomic mass is 10.3. The van der Waals surface area contributed by atoms with Crippen LogP contribution < -0.4 is 11.1 Å². The zero-order chi connectivity index (χ0) is 12.7. The number of hydrogen-bond acceptors (Lipinski definition) is 2. The summed E-state index contributed by atoms with van der Waals surface area (Å²) in [5.74, 6) is 0. The van der Waals surface area contributed by atoms with E-state index in [2.05, 4.69) is 5.32 Å². The highest BCUT2D eigenvalue weighted by Crippen LogP contribution is 2.06. The van der Waals surface area contributed by atoms with Gasteiger partial charge >= 0.3 is 6.03 Å². The molecule has 5 heteroatoms. The zero-order valence-corrected chi connectivity index (χ0v) is 10.7. The van der Waals surface area contributed by atoms with Crippen LogP contribution >= 0.6 is 12.2 Å². The van der Waals surface area contributed by atoms with Crippen molar-refractivity contribution < 1.29 is 4.79 Å². The molecule has 0 fully saturated rings. The van der Waals surface area contributed by atoms with E-state index < -0.39 is 0 Å². The maximum Gasteiger partial charge on any atom is 0.321 e. The maximum absolute atomic E-state index is 11.9. The predicted octanol–water partition coefficient (Wildman–Crippen LogP) is 2.22. The summed E-state index contributed by atoms with van der Waals surface area (Å²) in [5, 5.41) is 2.82. The SMILES string of the molecule is CCN(CCC(N)=S)C(=O)Nc1ccccc1. The van der Waals surface area contributed by atoms with E-state index >= 15 is 0 Å². The third-order valence-corrected chi connectivity index (χ3v) is 2.53. The molecule has 1 aromatic carbocycles. The molecule has 0 aliphatic rings. The second-order valence-electron chi connectivity index (χ2n) is 3.59. The number of carbonyl (C=O) groups excluding carboxylic acids is 1. The van der Waals surface area contributed by atoms with Gasteiger partial charge in [-0.1, -0.05) is 30.4 Å². The minimum Gasteiger partial charge on any atom is -0.393 e. The highest BCUT2D eigenvalue weighted by Gasteiger charge is 2.11. The van der Waals surface area contributed by atoms with E-state index in [1.165, 1.54) is 0 Å². The minimum atomic E-state index is -0.130. The van der Waals surface area contributed by atoms with Crippen molar-refractivity contribution in [2.24, 2.45) is 5.73 Å². The standard InChI is InChI=1S/C12H17N3OS/c1-2-15(9-8-11(13)17)12(16)14-10-6-4-3-5-7-10/h3-7H,2,8-9H2,1H3,(H2,13,17)(H,14,16). The summed E-state index contributed by atoms with van der Waals surface area (Å²) >= 11 is 4.80. The van der Waals surface area contributed by atoms with Gasteiger partial charge in [-0.25, -0.2) is 4.79 Å². The van der Waals surface area contributed by atoms with Gasteiger partial charge in [0.25, 0.3) is 0 Å². The Balaban J connectivity index is 2.52. The molecule has 3 N–H and O–H groups in total. The molecule has 0 radical (unpaired) electrons. The number of nitrogens with two attached hydrogens (primary N) is 1. The number of benzene rings is 1. The highest BCUT2D eigenvalue weighted by atomic mass is 32.1. The molecule has 0 bridgehead atoms. The summed E-state index contributed by atoms with van der Waals surface area (Å²) in [7, 11) is 0. The number of amides is 2. The number of thiocarbonyl (C=S) groups is 1. The maximum atomic E-state index is 11.9. The molecule has 4 nitrogen and oxygen atoms in total. The van der Waals surface area contributed by atoms with Crippen LogP contribution in [0.2, 0.25) is 0 Å². The van der Waals surface area contributed by atoms with Crippen LogP contribution in [0.4, 0.5) is 10.5 Å². The average molecular weight is 251 g/mol. The molecule has 0 heterocycles. The Labute approximate surface area is 107 Å². The summed E-state index contributed by atoms with van der Waals surface area (Å²) in [4.78, 5) is 14.0. The Hall–Kier alpha value is -1.62. The Bertz CT molecular complexity index is 381. The second-order valence-corrected chi connectivity index (χ2v) is 4.12. The summed E-state index contributed by atoms with van der Waals surface area (Å²) in [6.45, 7) is 3.09. The molecular formula is C12H17N3OS. The zero-order valence-electron chi connectivity index (χ0n) is 9.85. The third kappa shape index (κ3) is 4.82. The molecule has 0 atom stereocenters. The van der Waals surface area contributed by atoms with Gasteiger partial charge in [-0.3, -0.25) is 0 Å². The van der Waals surface area contributed by atoms with Crippen molar-refractivity contribution in [1.82, 2.24) is 4.90 Å². The van der Waals surface area contributed by atoms with Crippen molar-refractivity contribution in [3.05, 3.63) is 30.3 Å². The number of urea groups is 1.